The molecule has 2 heterocycles. The van der Waals surface area contributed by atoms with E-state index in [1.807, 2.05) is 0 Å². The van der Waals surface area contributed by atoms with Crippen molar-refractivity contribution < 1.29 is 26.3 Å². The fourth-order valence-electron chi connectivity index (χ4n) is 2.12. The van der Waals surface area contributed by atoms with Crippen LogP contribution in [0.3, 0.4) is 0 Å². The first-order valence-electron chi connectivity index (χ1n) is 6.13. The van der Waals surface area contributed by atoms with Gasteiger partial charge in [0.1, 0.15) is 10.5 Å². The molecular formula is C11H13F3N2O4S. The predicted molar refractivity (Wildman–Crippen MR) is 65.4 cm³/mol. The summed E-state index contributed by atoms with van der Waals surface area (Å²) in [6.45, 7) is 0.313. The summed E-state index contributed by atoms with van der Waals surface area (Å²) in [5.41, 5.74) is -3.23. The van der Waals surface area contributed by atoms with Crippen LogP contribution in [0.4, 0.5) is 13.2 Å². The van der Waals surface area contributed by atoms with Gasteiger partial charge >= 0.3 is 6.18 Å². The summed E-state index contributed by atoms with van der Waals surface area (Å²) in [5.74, 6) is 0. The molecule has 2 rings (SSSR count). The van der Waals surface area contributed by atoms with Crippen LogP contribution in [0.25, 0.3) is 0 Å². The van der Waals surface area contributed by atoms with E-state index in [0.717, 1.165) is 6.42 Å². The van der Waals surface area contributed by atoms with Gasteiger partial charge in [-0.2, -0.15) is 18.3 Å². The quantitative estimate of drug-likeness (QED) is 0.820. The van der Waals surface area contributed by atoms with Crippen LogP contribution in [-0.2, 0) is 20.8 Å². The maximum atomic E-state index is 13.0. The zero-order chi connectivity index (χ0) is 15.8. The number of rotatable bonds is 2. The van der Waals surface area contributed by atoms with Gasteiger partial charge < -0.3 is 4.74 Å². The highest BCUT2D eigenvalue weighted by atomic mass is 32.2. The SMILES string of the molecule is CS(=O)(=O)c1cnn(C2CCCCO2)c(=O)c1C(F)(F)F. The lowest BCUT2D eigenvalue weighted by Gasteiger charge is -2.24. The second kappa shape index (κ2) is 5.41. The Morgan fingerprint density at radius 2 is 2.05 bits per heavy atom. The van der Waals surface area contributed by atoms with Gasteiger partial charge in [0.25, 0.3) is 5.56 Å². The summed E-state index contributed by atoms with van der Waals surface area (Å²) in [4.78, 5) is 10.9. The first kappa shape index (κ1) is 16.0. The number of aromatic nitrogens is 2. The minimum Gasteiger partial charge on any atom is -0.356 e. The van der Waals surface area contributed by atoms with Gasteiger partial charge in [0, 0.05) is 12.9 Å². The average Bonchev–Trinajstić information content (AvgIpc) is 2.36. The molecule has 0 aromatic carbocycles. The Kier molecular flexibility index (Phi) is 4.11. The summed E-state index contributed by atoms with van der Waals surface area (Å²) in [6.07, 6.45) is -3.05. The minimum atomic E-state index is -5.09. The molecule has 6 nitrogen and oxygen atoms in total. The number of ether oxygens (including phenoxy) is 1. The summed E-state index contributed by atoms with van der Waals surface area (Å²) < 4.78 is 67.8. The molecule has 1 fully saturated rings. The van der Waals surface area contributed by atoms with E-state index in [1.54, 1.807) is 0 Å². The van der Waals surface area contributed by atoms with Crippen molar-refractivity contribution in [3.05, 3.63) is 22.1 Å². The molecule has 0 aliphatic carbocycles. The Labute approximate surface area is 118 Å². The van der Waals surface area contributed by atoms with E-state index in [2.05, 4.69) is 5.10 Å². The summed E-state index contributed by atoms with van der Waals surface area (Å²) in [7, 11) is -4.22. The maximum absolute atomic E-state index is 13.0. The van der Waals surface area contributed by atoms with Crippen LogP contribution in [0.2, 0.25) is 0 Å². The Morgan fingerprint density at radius 3 is 2.52 bits per heavy atom. The fourth-order valence-corrected chi connectivity index (χ4v) is 2.93. The fraction of sp³-hybridized carbons (Fsp3) is 0.636. The molecule has 1 saturated heterocycles. The largest absolute Gasteiger partial charge is 0.423 e. The van der Waals surface area contributed by atoms with Crippen molar-refractivity contribution in [2.24, 2.45) is 0 Å². The number of nitrogens with zero attached hydrogens (tertiary/aromatic N) is 2. The first-order chi connectivity index (χ1) is 9.62. The van der Waals surface area contributed by atoms with Gasteiger partial charge in [0.05, 0.1) is 6.20 Å². The zero-order valence-corrected chi connectivity index (χ0v) is 11.9. The average molecular weight is 326 g/mol. The minimum absolute atomic E-state index is 0.313. The van der Waals surface area contributed by atoms with Crippen molar-refractivity contribution >= 4 is 9.84 Å². The van der Waals surface area contributed by atoms with E-state index in [-0.39, 0.29) is 0 Å². The van der Waals surface area contributed by atoms with E-state index in [4.69, 9.17) is 4.74 Å². The standard InChI is InChI=1S/C11H13F3N2O4S/c1-21(18,19)7-6-15-16(8-4-2-3-5-20-8)10(17)9(7)11(12,13)14/h6,8H,2-5H2,1H3. The van der Waals surface area contributed by atoms with E-state index in [9.17, 15) is 26.4 Å². The number of halogens is 3. The van der Waals surface area contributed by atoms with Crippen LogP contribution in [0.1, 0.15) is 31.1 Å². The second-order valence-corrected chi connectivity index (χ2v) is 6.71. The van der Waals surface area contributed by atoms with Crippen LogP contribution < -0.4 is 5.56 Å². The third-order valence-electron chi connectivity index (χ3n) is 3.08. The molecule has 1 unspecified atom stereocenters. The summed E-state index contributed by atoms with van der Waals surface area (Å²) in [5, 5.41) is 3.54. The highest BCUT2D eigenvalue weighted by molar-refractivity contribution is 7.90. The molecular weight excluding hydrogens is 313 g/mol. The van der Waals surface area contributed by atoms with Gasteiger partial charge in [-0.3, -0.25) is 4.79 Å². The van der Waals surface area contributed by atoms with Gasteiger partial charge in [-0.05, 0) is 19.3 Å². The molecule has 1 aromatic rings. The Bertz CT molecular complexity index is 690. The Hall–Kier alpha value is -1.42. The van der Waals surface area contributed by atoms with Crippen LogP contribution in [0.15, 0.2) is 15.9 Å². The van der Waals surface area contributed by atoms with Crippen molar-refractivity contribution in [1.29, 1.82) is 0 Å². The number of alkyl halides is 3. The zero-order valence-electron chi connectivity index (χ0n) is 11.1. The molecule has 0 bridgehead atoms. The van der Waals surface area contributed by atoms with Crippen LogP contribution in [0.5, 0.6) is 0 Å². The van der Waals surface area contributed by atoms with Crippen molar-refractivity contribution in [1.82, 2.24) is 9.78 Å². The van der Waals surface area contributed by atoms with Crippen LogP contribution >= 0.6 is 0 Å². The van der Waals surface area contributed by atoms with Crippen LogP contribution in [0, 0.1) is 0 Å². The van der Waals surface area contributed by atoms with E-state index in [0.29, 0.717) is 36.6 Å². The molecule has 21 heavy (non-hydrogen) atoms. The van der Waals surface area contributed by atoms with Gasteiger partial charge in [-0.25, -0.2) is 13.1 Å². The smallest absolute Gasteiger partial charge is 0.356 e. The van der Waals surface area contributed by atoms with Gasteiger partial charge in [-0.15, -0.1) is 0 Å². The Morgan fingerprint density at radius 1 is 1.38 bits per heavy atom. The maximum Gasteiger partial charge on any atom is 0.423 e. The Balaban J connectivity index is 2.65. The number of hydrogen-bond acceptors (Lipinski definition) is 5. The lowest BCUT2D eigenvalue weighted by Crippen LogP contribution is -2.37. The van der Waals surface area contributed by atoms with E-state index < -0.39 is 38.3 Å². The topological polar surface area (TPSA) is 78.3 Å². The van der Waals surface area contributed by atoms with E-state index in [1.165, 1.54) is 0 Å². The molecule has 1 aromatic heterocycles. The third-order valence-corrected chi connectivity index (χ3v) is 4.19. The summed E-state index contributed by atoms with van der Waals surface area (Å²) >= 11 is 0. The molecule has 1 aliphatic rings. The molecule has 1 atom stereocenters. The lowest BCUT2D eigenvalue weighted by atomic mass is 10.2. The van der Waals surface area contributed by atoms with Gasteiger partial charge in [-0.1, -0.05) is 0 Å². The van der Waals surface area contributed by atoms with Gasteiger partial charge in [0.2, 0.25) is 0 Å². The molecule has 0 spiro atoms. The molecule has 1 aliphatic heterocycles. The van der Waals surface area contributed by atoms with Crippen molar-refractivity contribution in [2.75, 3.05) is 12.9 Å². The normalized spacial score (nSPS) is 20.5. The van der Waals surface area contributed by atoms with Crippen molar-refractivity contribution in [3.63, 3.8) is 0 Å². The summed E-state index contributed by atoms with van der Waals surface area (Å²) in [6, 6.07) is 0. The highest BCUT2D eigenvalue weighted by Gasteiger charge is 2.41. The molecule has 118 valence electrons. The van der Waals surface area contributed by atoms with Crippen molar-refractivity contribution in [3.8, 4) is 0 Å². The number of sulfone groups is 1. The second-order valence-electron chi connectivity index (χ2n) is 4.72. The lowest BCUT2D eigenvalue weighted by molar-refractivity contribution is -0.142. The van der Waals surface area contributed by atoms with Crippen LogP contribution in [-0.4, -0.2) is 31.1 Å². The number of hydrogen-bond donors (Lipinski definition) is 0. The van der Waals surface area contributed by atoms with E-state index >= 15 is 0 Å². The van der Waals surface area contributed by atoms with Gasteiger partial charge in [0.15, 0.2) is 16.1 Å². The van der Waals surface area contributed by atoms with Crippen molar-refractivity contribution in [2.45, 2.75) is 36.6 Å². The first-order valence-corrected chi connectivity index (χ1v) is 8.02. The predicted octanol–water partition coefficient (Wildman–Crippen LogP) is 1.36. The molecule has 0 N–H and O–H groups in total. The third kappa shape index (κ3) is 3.26. The monoisotopic (exact) mass is 326 g/mol. The molecule has 0 amide bonds. The molecule has 0 radical (unpaired) electrons. The molecule has 0 saturated carbocycles. The highest BCUT2D eigenvalue weighted by Crippen LogP contribution is 2.32. The molecule has 10 heteroatoms.